The van der Waals surface area contributed by atoms with Crippen LogP contribution in [0.2, 0.25) is 0 Å². The minimum atomic E-state index is 0. The molecule has 3 heterocycles. The molecule has 6 nitrogen and oxygen atoms in total. The molecule has 0 saturated heterocycles. The van der Waals surface area contributed by atoms with E-state index in [-0.39, 0.29) is 36.7 Å². The number of para-hydroxylation sites is 3. The minimum Gasteiger partial charge on any atom is -0.506 e. The largest absolute Gasteiger partial charge is 0.506 e. The van der Waals surface area contributed by atoms with Crippen molar-refractivity contribution >= 4 is 32.7 Å². The topological polar surface area (TPSA) is 99.4 Å². The summed E-state index contributed by atoms with van der Waals surface area (Å²) in [5, 5.41) is 30.8. The summed E-state index contributed by atoms with van der Waals surface area (Å²) >= 11 is 0. The van der Waals surface area contributed by atoms with Gasteiger partial charge in [0.05, 0.1) is 0 Å². The van der Waals surface area contributed by atoms with E-state index in [4.69, 9.17) is 0 Å². The average Bonchev–Trinajstić information content (AvgIpc) is 2.86. The summed E-state index contributed by atoms with van der Waals surface area (Å²) in [4.78, 5) is 12.1. The Morgan fingerprint density at radius 1 is 0.382 bits per heavy atom. The summed E-state index contributed by atoms with van der Waals surface area (Å²) in [7, 11) is 0. The van der Waals surface area contributed by atoms with E-state index in [2.05, 4.69) is 15.0 Å². The molecule has 6 rings (SSSR count). The molecule has 0 amide bonds. The predicted octanol–water partition coefficient (Wildman–Crippen LogP) is 5.82. The number of rotatable bonds is 0. The summed E-state index contributed by atoms with van der Waals surface area (Å²) in [5.74, 6) is 0.717. The van der Waals surface area contributed by atoms with Crippen LogP contribution in [0.5, 0.6) is 17.2 Å². The molecule has 6 aromatic rings. The minimum absolute atomic E-state index is 0. The van der Waals surface area contributed by atoms with Crippen LogP contribution in [0, 0.1) is 0 Å². The van der Waals surface area contributed by atoms with Gasteiger partial charge in [0.25, 0.3) is 0 Å². The smallest absolute Gasteiger partial charge is 0.141 e. The molecular weight excluding hydrogens is 480 g/mol. The zero-order valence-electron chi connectivity index (χ0n) is 18.3. The van der Waals surface area contributed by atoms with Crippen molar-refractivity contribution in [2.24, 2.45) is 0 Å². The van der Waals surface area contributed by atoms with Crippen LogP contribution >= 0.6 is 0 Å². The van der Waals surface area contributed by atoms with Crippen molar-refractivity contribution in [2.75, 3.05) is 0 Å². The molecule has 0 aliphatic carbocycles. The first kappa shape index (κ1) is 24.6. The Hall–Kier alpha value is -4.09. The van der Waals surface area contributed by atoms with Crippen molar-refractivity contribution in [3.63, 3.8) is 0 Å². The molecule has 3 aromatic heterocycles. The Labute approximate surface area is 209 Å². The zero-order chi connectivity index (χ0) is 23.0. The van der Waals surface area contributed by atoms with Crippen molar-refractivity contribution in [1.29, 1.82) is 0 Å². The number of pyridine rings is 3. The Bertz CT molecular complexity index is 1330. The molecule has 0 spiro atoms. The third-order valence-corrected chi connectivity index (χ3v) is 4.83. The standard InChI is InChI=1S/3C9H7NO.Zn/c3*11-8-5-1-3-7-4-2-6-10-9(7)8;/h3*1-6,11H;. The number of nitrogens with zero attached hydrogens (tertiary/aromatic N) is 3. The van der Waals surface area contributed by atoms with Crippen LogP contribution in [0.1, 0.15) is 0 Å². The van der Waals surface area contributed by atoms with Crippen LogP contribution in [0.4, 0.5) is 0 Å². The molecule has 0 saturated carbocycles. The Morgan fingerprint density at radius 2 is 0.647 bits per heavy atom. The van der Waals surface area contributed by atoms with E-state index >= 15 is 0 Å². The number of fused-ring (bicyclic) bond motifs is 3. The van der Waals surface area contributed by atoms with Crippen LogP contribution in [-0.4, -0.2) is 30.3 Å². The van der Waals surface area contributed by atoms with Crippen molar-refractivity contribution in [3.05, 3.63) is 110 Å². The Kier molecular flexibility index (Phi) is 8.44. The van der Waals surface area contributed by atoms with Crippen LogP contribution in [-0.2, 0) is 19.5 Å². The summed E-state index contributed by atoms with van der Waals surface area (Å²) < 4.78 is 0. The van der Waals surface area contributed by atoms with E-state index in [0.717, 1.165) is 16.2 Å². The fourth-order valence-electron chi connectivity index (χ4n) is 3.26. The maximum absolute atomic E-state index is 9.31. The van der Waals surface area contributed by atoms with Gasteiger partial charge in [-0.25, -0.2) is 0 Å². The van der Waals surface area contributed by atoms with Crippen molar-refractivity contribution in [3.8, 4) is 17.2 Å². The number of hydrogen-bond acceptors (Lipinski definition) is 6. The molecule has 7 heteroatoms. The van der Waals surface area contributed by atoms with Crippen LogP contribution in [0.15, 0.2) is 110 Å². The molecular formula is C27H21N3O3Zn. The third-order valence-electron chi connectivity index (χ3n) is 4.83. The van der Waals surface area contributed by atoms with Gasteiger partial charge < -0.3 is 15.3 Å². The zero-order valence-corrected chi connectivity index (χ0v) is 21.2. The van der Waals surface area contributed by atoms with E-state index in [1.54, 1.807) is 55.0 Å². The normalized spacial score (nSPS) is 9.88. The molecule has 0 radical (unpaired) electrons. The van der Waals surface area contributed by atoms with Gasteiger partial charge in [0, 0.05) is 54.2 Å². The SMILES string of the molecule is Oc1cccc2cccnc12.Oc1cccc2cccnc12.Oc1cccc2cccnc12.[Zn]. The molecule has 0 unspecified atom stereocenters. The number of aromatic hydroxyl groups is 3. The quantitative estimate of drug-likeness (QED) is 0.227. The maximum atomic E-state index is 9.31. The second-order valence-electron chi connectivity index (χ2n) is 7.06. The monoisotopic (exact) mass is 499 g/mol. The van der Waals surface area contributed by atoms with Gasteiger partial charge in [0.15, 0.2) is 0 Å². The van der Waals surface area contributed by atoms with Crippen molar-refractivity contribution in [2.45, 2.75) is 0 Å². The number of phenolic OH excluding ortho intramolecular Hbond substituents is 3. The molecule has 3 N–H and O–H groups in total. The van der Waals surface area contributed by atoms with Crippen LogP contribution < -0.4 is 0 Å². The van der Waals surface area contributed by atoms with Crippen molar-refractivity contribution < 1.29 is 34.8 Å². The summed E-state index contributed by atoms with van der Waals surface area (Å²) in [5.41, 5.74) is 1.99. The second kappa shape index (κ2) is 11.7. The third kappa shape index (κ3) is 5.83. The van der Waals surface area contributed by atoms with Gasteiger partial charge >= 0.3 is 0 Å². The Balaban J connectivity index is 0.000000141. The van der Waals surface area contributed by atoms with Gasteiger partial charge in [-0.3, -0.25) is 15.0 Å². The van der Waals surface area contributed by atoms with E-state index < -0.39 is 0 Å². The fourth-order valence-corrected chi connectivity index (χ4v) is 3.26. The van der Waals surface area contributed by atoms with E-state index in [1.807, 2.05) is 54.6 Å². The predicted molar refractivity (Wildman–Crippen MR) is 130 cm³/mol. The number of phenols is 3. The van der Waals surface area contributed by atoms with Gasteiger partial charge in [-0.05, 0) is 36.4 Å². The summed E-state index contributed by atoms with van der Waals surface area (Å²) in [6, 6.07) is 27.4. The van der Waals surface area contributed by atoms with Crippen LogP contribution in [0.3, 0.4) is 0 Å². The van der Waals surface area contributed by atoms with Crippen LogP contribution in [0.25, 0.3) is 32.7 Å². The molecule has 0 bridgehead atoms. The molecule has 0 atom stereocenters. The fraction of sp³-hybridized carbons (Fsp3) is 0. The van der Waals surface area contributed by atoms with E-state index in [9.17, 15) is 15.3 Å². The first-order valence-electron chi connectivity index (χ1n) is 10.2. The van der Waals surface area contributed by atoms with Gasteiger partial charge in [0.2, 0.25) is 0 Å². The van der Waals surface area contributed by atoms with E-state index in [0.29, 0.717) is 16.6 Å². The first-order chi connectivity index (χ1) is 16.1. The number of hydrogen-bond donors (Lipinski definition) is 3. The van der Waals surface area contributed by atoms with E-state index in [1.165, 1.54) is 0 Å². The first-order valence-corrected chi connectivity index (χ1v) is 10.2. The number of benzene rings is 3. The van der Waals surface area contributed by atoms with Gasteiger partial charge in [-0.15, -0.1) is 0 Å². The number of aromatic nitrogens is 3. The maximum Gasteiger partial charge on any atom is 0.141 e. The Morgan fingerprint density at radius 3 is 0.912 bits per heavy atom. The molecule has 0 aliphatic heterocycles. The summed E-state index contributed by atoms with van der Waals surface area (Å²) in [6.07, 6.45) is 5.01. The van der Waals surface area contributed by atoms with Gasteiger partial charge in [-0.2, -0.15) is 0 Å². The van der Waals surface area contributed by atoms with Gasteiger partial charge in [0.1, 0.15) is 33.8 Å². The van der Waals surface area contributed by atoms with Gasteiger partial charge in [-0.1, -0.05) is 54.6 Å². The molecule has 34 heavy (non-hydrogen) atoms. The summed E-state index contributed by atoms with van der Waals surface area (Å²) in [6.45, 7) is 0. The molecule has 164 valence electrons. The molecule has 3 aromatic carbocycles. The molecule has 0 aliphatic rings. The average molecular weight is 501 g/mol. The second-order valence-corrected chi connectivity index (χ2v) is 7.06. The molecule has 0 fully saturated rings. The van der Waals surface area contributed by atoms with Crippen molar-refractivity contribution in [1.82, 2.24) is 15.0 Å².